The van der Waals surface area contributed by atoms with Gasteiger partial charge in [0, 0.05) is 5.38 Å². The van der Waals surface area contributed by atoms with Crippen molar-refractivity contribution in [3.8, 4) is 17.2 Å². The van der Waals surface area contributed by atoms with Crippen molar-refractivity contribution in [1.29, 1.82) is 0 Å². The molecule has 9 heteroatoms. The van der Waals surface area contributed by atoms with Crippen LogP contribution in [0.2, 0.25) is 0 Å². The average molecular weight is 390 g/mol. The third-order valence-electron chi connectivity index (χ3n) is 3.51. The molecule has 7 nitrogen and oxygen atoms in total. The molecule has 1 heterocycles. The van der Waals surface area contributed by atoms with Crippen molar-refractivity contribution in [2.75, 3.05) is 7.11 Å². The van der Waals surface area contributed by atoms with Crippen molar-refractivity contribution in [2.45, 2.75) is 13.2 Å². The van der Waals surface area contributed by atoms with Gasteiger partial charge in [-0.25, -0.2) is 9.37 Å². The molecule has 0 amide bonds. The zero-order valence-electron chi connectivity index (χ0n) is 14.3. The Kier molecular flexibility index (Phi) is 5.82. The highest BCUT2D eigenvalue weighted by Gasteiger charge is 2.17. The molecule has 0 aliphatic heterocycles. The average Bonchev–Trinajstić information content (AvgIpc) is 3.13. The summed E-state index contributed by atoms with van der Waals surface area (Å²) < 4.78 is 28.9. The minimum Gasteiger partial charge on any atom is -0.496 e. The van der Waals surface area contributed by atoms with Crippen LogP contribution in [-0.2, 0) is 13.2 Å². The Balaban J connectivity index is 1.59. The molecule has 0 aliphatic rings. The lowest BCUT2D eigenvalue weighted by atomic mass is 10.3. The van der Waals surface area contributed by atoms with Gasteiger partial charge in [-0.15, -0.1) is 11.3 Å². The predicted molar refractivity (Wildman–Crippen MR) is 96.8 cm³/mol. The van der Waals surface area contributed by atoms with Gasteiger partial charge in [0.25, 0.3) is 0 Å². The zero-order chi connectivity index (χ0) is 19.2. The number of aromatic nitrogens is 1. The predicted octanol–water partition coefficient (Wildman–Crippen LogP) is 4.36. The minimum absolute atomic E-state index is 0.0835. The molecular weight excluding hydrogens is 375 g/mol. The van der Waals surface area contributed by atoms with Gasteiger partial charge >= 0.3 is 5.69 Å². The number of thiazole rings is 1. The maximum absolute atomic E-state index is 12.9. The third-order valence-corrected chi connectivity index (χ3v) is 4.38. The van der Waals surface area contributed by atoms with E-state index in [1.807, 2.05) is 0 Å². The highest BCUT2D eigenvalue weighted by atomic mass is 32.1. The molecule has 0 fully saturated rings. The summed E-state index contributed by atoms with van der Waals surface area (Å²) in [6.07, 6.45) is 0. The van der Waals surface area contributed by atoms with Crippen molar-refractivity contribution in [2.24, 2.45) is 0 Å². The molecule has 2 aromatic carbocycles. The molecule has 0 saturated heterocycles. The van der Waals surface area contributed by atoms with Crippen molar-refractivity contribution in [1.82, 2.24) is 4.98 Å². The van der Waals surface area contributed by atoms with E-state index in [4.69, 9.17) is 14.2 Å². The molecular formula is C18H15FN2O5S. The molecule has 0 radical (unpaired) electrons. The summed E-state index contributed by atoms with van der Waals surface area (Å²) in [6.45, 7) is 0.319. The van der Waals surface area contributed by atoms with Crippen LogP contribution in [0.5, 0.6) is 17.2 Å². The van der Waals surface area contributed by atoms with Gasteiger partial charge in [0.2, 0.25) is 0 Å². The molecule has 1 aromatic heterocycles. The van der Waals surface area contributed by atoms with E-state index in [2.05, 4.69) is 4.98 Å². The van der Waals surface area contributed by atoms with Gasteiger partial charge in [0.05, 0.1) is 23.8 Å². The topological polar surface area (TPSA) is 83.7 Å². The Hall–Kier alpha value is -3.20. The number of nitro benzene ring substituents is 1. The Morgan fingerprint density at radius 1 is 1.11 bits per heavy atom. The van der Waals surface area contributed by atoms with Gasteiger partial charge in [-0.3, -0.25) is 10.1 Å². The molecule has 140 valence electrons. The smallest absolute Gasteiger partial charge is 0.314 e. The lowest BCUT2D eigenvalue weighted by Gasteiger charge is -2.07. The van der Waals surface area contributed by atoms with Crippen LogP contribution in [0.15, 0.2) is 47.8 Å². The summed E-state index contributed by atoms with van der Waals surface area (Å²) in [7, 11) is 1.43. The number of ether oxygens (including phenoxy) is 3. The fourth-order valence-electron chi connectivity index (χ4n) is 2.20. The molecule has 0 aliphatic carbocycles. The Labute approximate surface area is 158 Å². The van der Waals surface area contributed by atoms with Crippen LogP contribution in [-0.4, -0.2) is 17.0 Å². The normalized spacial score (nSPS) is 10.4. The van der Waals surface area contributed by atoms with Crippen LogP contribution < -0.4 is 14.2 Å². The lowest BCUT2D eigenvalue weighted by molar-refractivity contribution is -0.386. The number of nitrogens with zero attached hydrogens (tertiary/aromatic N) is 2. The van der Waals surface area contributed by atoms with Crippen LogP contribution in [0.3, 0.4) is 0 Å². The van der Waals surface area contributed by atoms with Crippen LogP contribution in [0.4, 0.5) is 10.1 Å². The molecule has 0 unspecified atom stereocenters. The van der Waals surface area contributed by atoms with Gasteiger partial charge in [-0.05, 0) is 36.4 Å². The number of halogens is 1. The largest absolute Gasteiger partial charge is 0.496 e. The first kappa shape index (κ1) is 18.6. The van der Waals surface area contributed by atoms with Gasteiger partial charge in [0.1, 0.15) is 35.5 Å². The van der Waals surface area contributed by atoms with E-state index in [0.29, 0.717) is 22.2 Å². The number of benzene rings is 2. The third kappa shape index (κ3) is 4.91. The lowest BCUT2D eigenvalue weighted by Crippen LogP contribution is -2.01. The van der Waals surface area contributed by atoms with Gasteiger partial charge < -0.3 is 14.2 Å². The highest BCUT2D eigenvalue weighted by Crippen LogP contribution is 2.31. The van der Waals surface area contributed by atoms with Gasteiger partial charge in [0.15, 0.2) is 5.75 Å². The minimum atomic E-state index is -0.527. The van der Waals surface area contributed by atoms with E-state index in [9.17, 15) is 14.5 Å². The first-order valence-corrected chi connectivity index (χ1v) is 8.70. The van der Waals surface area contributed by atoms with Crippen LogP contribution in [0.25, 0.3) is 0 Å². The summed E-state index contributed by atoms with van der Waals surface area (Å²) in [5.41, 5.74) is 0.451. The van der Waals surface area contributed by atoms with Crippen molar-refractivity contribution < 1.29 is 23.5 Å². The van der Waals surface area contributed by atoms with E-state index in [1.54, 1.807) is 11.4 Å². The number of rotatable bonds is 8. The van der Waals surface area contributed by atoms with E-state index in [1.165, 1.54) is 54.8 Å². The maximum Gasteiger partial charge on any atom is 0.314 e. The van der Waals surface area contributed by atoms with Gasteiger partial charge in [-0.2, -0.15) is 0 Å². The number of nitro groups is 1. The molecule has 27 heavy (non-hydrogen) atoms. The molecule has 0 atom stereocenters. The summed E-state index contributed by atoms with van der Waals surface area (Å²) in [5.74, 6) is 0.725. The standard InChI is InChI=1S/C18H15FN2O5S/c1-24-15-6-7-17(16(8-15)21(22)23)26-9-13-11-27-18(20-13)10-25-14-4-2-12(19)3-5-14/h2-8,11H,9-10H2,1H3. The van der Waals surface area contributed by atoms with Crippen molar-refractivity contribution in [3.63, 3.8) is 0 Å². The zero-order valence-corrected chi connectivity index (χ0v) is 15.1. The number of methoxy groups -OCH3 is 1. The summed E-state index contributed by atoms with van der Waals surface area (Å²) in [6, 6.07) is 10.1. The van der Waals surface area contributed by atoms with Crippen LogP contribution in [0, 0.1) is 15.9 Å². The fourth-order valence-corrected chi connectivity index (χ4v) is 2.89. The Bertz CT molecular complexity index is 930. The van der Waals surface area contributed by atoms with E-state index < -0.39 is 4.92 Å². The van der Waals surface area contributed by atoms with E-state index in [0.717, 1.165) is 0 Å². The highest BCUT2D eigenvalue weighted by molar-refractivity contribution is 7.09. The van der Waals surface area contributed by atoms with Crippen LogP contribution in [0.1, 0.15) is 10.7 Å². The first-order valence-electron chi connectivity index (χ1n) is 7.82. The van der Waals surface area contributed by atoms with E-state index >= 15 is 0 Å². The molecule has 0 bridgehead atoms. The van der Waals surface area contributed by atoms with E-state index in [-0.39, 0.29) is 30.5 Å². The quantitative estimate of drug-likeness (QED) is 0.420. The SMILES string of the molecule is COc1ccc(OCc2csc(COc3ccc(F)cc3)n2)c([N+](=O)[O-])c1. The molecule has 0 saturated carbocycles. The fraction of sp³-hybridized carbons (Fsp3) is 0.167. The van der Waals surface area contributed by atoms with Crippen LogP contribution >= 0.6 is 11.3 Å². The van der Waals surface area contributed by atoms with Crippen molar-refractivity contribution in [3.05, 3.63) is 74.5 Å². The maximum atomic E-state index is 12.9. The van der Waals surface area contributed by atoms with Crippen molar-refractivity contribution >= 4 is 17.0 Å². The number of hydrogen-bond acceptors (Lipinski definition) is 7. The first-order chi connectivity index (χ1) is 13.0. The summed E-state index contributed by atoms with van der Waals surface area (Å²) in [5, 5.41) is 13.7. The Morgan fingerprint density at radius 3 is 2.56 bits per heavy atom. The summed E-state index contributed by atoms with van der Waals surface area (Å²) in [4.78, 5) is 15.0. The summed E-state index contributed by atoms with van der Waals surface area (Å²) >= 11 is 1.38. The monoisotopic (exact) mass is 390 g/mol. The second-order valence-corrected chi connectivity index (χ2v) is 6.30. The molecule has 0 spiro atoms. The second-order valence-electron chi connectivity index (χ2n) is 5.35. The van der Waals surface area contributed by atoms with Gasteiger partial charge in [-0.1, -0.05) is 0 Å². The second kappa shape index (κ2) is 8.45. The molecule has 3 rings (SSSR count). The Morgan fingerprint density at radius 2 is 1.85 bits per heavy atom. The molecule has 3 aromatic rings. The molecule has 0 N–H and O–H groups in total. The number of hydrogen-bond donors (Lipinski definition) is 0.